The van der Waals surface area contributed by atoms with Crippen molar-refractivity contribution in [3.63, 3.8) is 0 Å². The van der Waals surface area contributed by atoms with Gasteiger partial charge in [0, 0.05) is 49.9 Å². The topological polar surface area (TPSA) is 81.9 Å². The Hall–Kier alpha value is -2.73. The van der Waals surface area contributed by atoms with Crippen LogP contribution in [0.3, 0.4) is 0 Å². The van der Waals surface area contributed by atoms with Gasteiger partial charge in [-0.1, -0.05) is 11.6 Å². The molecule has 1 amide bonds. The molecule has 1 unspecified atom stereocenters. The summed E-state index contributed by atoms with van der Waals surface area (Å²) in [5, 5.41) is 4.47. The molecule has 1 fully saturated rings. The zero-order valence-corrected chi connectivity index (χ0v) is 20.4. The predicted octanol–water partition coefficient (Wildman–Crippen LogP) is 4.07. The van der Waals surface area contributed by atoms with E-state index in [9.17, 15) is 27.2 Å². The van der Waals surface area contributed by atoms with Gasteiger partial charge in [0.1, 0.15) is 12.1 Å². The van der Waals surface area contributed by atoms with Crippen LogP contribution in [0, 0.1) is 5.82 Å². The third kappa shape index (κ3) is 7.63. The van der Waals surface area contributed by atoms with E-state index in [1.54, 1.807) is 30.0 Å². The second kappa shape index (κ2) is 12.0. The number of piperazine rings is 1. The maximum absolute atomic E-state index is 13.9. The highest BCUT2D eigenvalue weighted by Crippen LogP contribution is 2.31. The zero-order valence-electron chi connectivity index (χ0n) is 19.7. The maximum atomic E-state index is 13.9. The summed E-state index contributed by atoms with van der Waals surface area (Å²) in [4.78, 5) is 27.9. The molecule has 12 heteroatoms. The molecule has 0 aromatic heterocycles. The standard InChI is InChI=1S/C24H28ClF4N5O2/c1-16(15-35)34(30)14-17-12-19(26)3-4-20(17)23(36)31-21-5-2-18(25)13-22(21)33-10-8-32(9-11-33)7-6-24(27,28)29/h2-5,12-13,15-16H,6-11,14,30H2,1H3,(H,31,36). The Kier molecular flexibility index (Phi) is 9.29. The number of rotatable bonds is 9. The molecular weight excluding hydrogens is 502 g/mol. The van der Waals surface area contributed by atoms with Crippen molar-refractivity contribution in [3.8, 4) is 0 Å². The van der Waals surface area contributed by atoms with Crippen LogP contribution in [0.2, 0.25) is 5.02 Å². The molecule has 2 aromatic rings. The fraction of sp³-hybridized carbons (Fsp3) is 0.417. The summed E-state index contributed by atoms with van der Waals surface area (Å²) in [5.41, 5.74) is 1.57. The highest BCUT2D eigenvalue weighted by molar-refractivity contribution is 6.31. The summed E-state index contributed by atoms with van der Waals surface area (Å²) in [6.45, 7) is 3.25. The van der Waals surface area contributed by atoms with Crippen molar-refractivity contribution in [2.24, 2.45) is 5.84 Å². The lowest BCUT2D eigenvalue weighted by Gasteiger charge is -2.37. The first-order valence-electron chi connectivity index (χ1n) is 11.4. The molecule has 1 aliphatic rings. The second-order valence-electron chi connectivity index (χ2n) is 8.66. The molecule has 0 bridgehead atoms. The van der Waals surface area contributed by atoms with E-state index in [1.165, 1.54) is 17.1 Å². The minimum absolute atomic E-state index is 0.0339. The third-order valence-corrected chi connectivity index (χ3v) is 6.25. The van der Waals surface area contributed by atoms with Gasteiger partial charge in [0.05, 0.1) is 23.8 Å². The smallest absolute Gasteiger partial charge is 0.367 e. The molecule has 0 radical (unpaired) electrons. The number of halogens is 5. The van der Waals surface area contributed by atoms with Crippen LogP contribution >= 0.6 is 11.6 Å². The molecule has 3 N–H and O–H groups in total. The summed E-state index contributed by atoms with van der Waals surface area (Å²) in [6, 6.07) is 7.98. The number of carbonyl (C=O) groups excluding carboxylic acids is 2. The molecule has 3 rings (SSSR count). The highest BCUT2D eigenvalue weighted by atomic mass is 35.5. The van der Waals surface area contributed by atoms with Crippen LogP contribution in [0.1, 0.15) is 29.3 Å². The summed E-state index contributed by atoms with van der Waals surface area (Å²) in [6.07, 6.45) is -4.42. The molecule has 196 valence electrons. The van der Waals surface area contributed by atoms with E-state index in [2.05, 4.69) is 5.32 Å². The normalized spacial score (nSPS) is 15.7. The number of hydrogen-bond donors (Lipinski definition) is 2. The largest absolute Gasteiger partial charge is 0.390 e. The van der Waals surface area contributed by atoms with Gasteiger partial charge in [0.25, 0.3) is 5.91 Å². The Morgan fingerprint density at radius 3 is 2.53 bits per heavy atom. The number of hydrogen-bond acceptors (Lipinski definition) is 6. The van der Waals surface area contributed by atoms with Gasteiger partial charge in [-0.2, -0.15) is 13.2 Å². The van der Waals surface area contributed by atoms with E-state index in [0.717, 1.165) is 6.07 Å². The average Bonchev–Trinajstić information content (AvgIpc) is 2.83. The number of aldehydes is 1. The first-order valence-corrected chi connectivity index (χ1v) is 11.7. The van der Waals surface area contributed by atoms with E-state index in [0.29, 0.717) is 54.4 Å². The zero-order chi connectivity index (χ0) is 26.5. The number of nitrogens with zero attached hydrogens (tertiary/aromatic N) is 3. The van der Waals surface area contributed by atoms with E-state index in [1.807, 2.05) is 4.90 Å². The van der Waals surface area contributed by atoms with Gasteiger partial charge >= 0.3 is 6.18 Å². The van der Waals surface area contributed by atoms with E-state index < -0.39 is 30.4 Å². The van der Waals surface area contributed by atoms with Gasteiger partial charge in [-0.25, -0.2) is 9.40 Å². The van der Waals surface area contributed by atoms with Crippen molar-refractivity contribution in [2.45, 2.75) is 32.1 Å². The van der Waals surface area contributed by atoms with E-state index in [-0.39, 0.29) is 18.7 Å². The maximum Gasteiger partial charge on any atom is 0.390 e. The predicted molar refractivity (Wildman–Crippen MR) is 130 cm³/mol. The van der Waals surface area contributed by atoms with Crippen molar-refractivity contribution in [1.82, 2.24) is 9.91 Å². The van der Waals surface area contributed by atoms with Gasteiger partial charge in [0.15, 0.2) is 0 Å². The SMILES string of the molecule is CC(C=O)N(N)Cc1cc(F)ccc1C(=O)Nc1ccc(Cl)cc1N1CCN(CCC(F)(F)F)CC1. The Bertz CT molecular complexity index is 1080. The van der Waals surface area contributed by atoms with Crippen LogP contribution in [0.25, 0.3) is 0 Å². The average molecular weight is 530 g/mol. The molecule has 36 heavy (non-hydrogen) atoms. The van der Waals surface area contributed by atoms with E-state index in [4.69, 9.17) is 17.4 Å². The van der Waals surface area contributed by atoms with Crippen molar-refractivity contribution >= 4 is 35.2 Å². The summed E-state index contributed by atoms with van der Waals surface area (Å²) in [5.74, 6) is 4.83. The van der Waals surface area contributed by atoms with Crippen LogP contribution in [-0.4, -0.2) is 67.0 Å². The number of amides is 1. The van der Waals surface area contributed by atoms with Gasteiger partial charge in [-0.15, -0.1) is 0 Å². The lowest BCUT2D eigenvalue weighted by molar-refractivity contribution is -0.138. The lowest BCUT2D eigenvalue weighted by atomic mass is 10.1. The Morgan fingerprint density at radius 2 is 1.89 bits per heavy atom. The Labute approximate surface area is 211 Å². The number of nitrogens with two attached hydrogens (primary N) is 1. The summed E-state index contributed by atoms with van der Waals surface area (Å²) in [7, 11) is 0. The van der Waals surface area contributed by atoms with Crippen molar-refractivity contribution in [2.75, 3.05) is 42.9 Å². The number of hydrazine groups is 1. The van der Waals surface area contributed by atoms with Crippen LogP contribution in [-0.2, 0) is 11.3 Å². The van der Waals surface area contributed by atoms with Crippen LogP contribution in [0.5, 0.6) is 0 Å². The van der Waals surface area contributed by atoms with Gasteiger partial charge < -0.3 is 15.0 Å². The van der Waals surface area contributed by atoms with Crippen LogP contribution < -0.4 is 16.1 Å². The van der Waals surface area contributed by atoms with Crippen molar-refractivity contribution < 1.29 is 27.2 Å². The first-order chi connectivity index (χ1) is 17.0. The Morgan fingerprint density at radius 1 is 1.19 bits per heavy atom. The molecular formula is C24H28ClF4N5O2. The molecule has 1 heterocycles. The van der Waals surface area contributed by atoms with Gasteiger partial charge in [0.2, 0.25) is 0 Å². The number of nitrogens with one attached hydrogen (secondary N) is 1. The Balaban J connectivity index is 1.76. The van der Waals surface area contributed by atoms with E-state index >= 15 is 0 Å². The first kappa shape index (κ1) is 27.9. The fourth-order valence-electron chi connectivity index (χ4n) is 3.89. The van der Waals surface area contributed by atoms with Gasteiger partial charge in [-0.3, -0.25) is 15.5 Å². The van der Waals surface area contributed by atoms with Crippen LogP contribution in [0.4, 0.5) is 28.9 Å². The summed E-state index contributed by atoms with van der Waals surface area (Å²) >= 11 is 6.20. The second-order valence-corrected chi connectivity index (χ2v) is 9.10. The number of anilines is 2. The van der Waals surface area contributed by atoms with Crippen molar-refractivity contribution in [1.29, 1.82) is 0 Å². The monoisotopic (exact) mass is 529 g/mol. The minimum atomic E-state index is -4.20. The number of carbonyl (C=O) groups is 2. The molecule has 0 aliphatic carbocycles. The van der Waals surface area contributed by atoms with Gasteiger partial charge in [-0.05, 0) is 48.9 Å². The molecule has 2 aromatic carbocycles. The molecule has 1 aliphatic heterocycles. The molecule has 0 saturated carbocycles. The minimum Gasteiger partial charge on any atom is -0.367 e. The molecule has 0 spiro atoms. The molecule has 1 saturated heterocycles. The molecule has 1 atom stereocenters. The fourth-order valence-corrected chi connectivity index (χ4v) is 4.06. The third-order valence-electron chi connectivity index (χ3n) is 6.02. The lowest BCUT2D eigenvalue weighted by Crippen LogP contribution is -2.47. The molecule has 7 nitrogen and oxygen atoms in total. The summed E-state index contributed by atoms with van der Waals surface area (Å²) < 4.78 is 51.6. The number of alkyl halides is 3. The highest BCUT2D eigenvalue weighted by Gasteiger charge is 2.29. The van der Waals surface area contributed by atoms with Crippen molar-refractivity contribution in [3.05, 3.63) is 58.4 Å². The number of benzene rings is 2. The quantitative estimate of drug-likeness (QED) is 0.221. The van der Waals surface area contributed by atoms with Crippen LogP contribution in [0.15, 0.2) is 36.4 Å².